The minimum Gasteiger partial charge on any atom is -0.480 e. The summed E-state index contributed by atoms with van der Waals surface area (Å²) in [5, 5.41) is 12.7. The van der Waals surface area contributed by atoms with Gasteiger partial charge in [0.15, 0.2) is 0 Å². The van der Waals surface area contributed by atoms with Crippen LogP contribution in [0.25, 0.3) is 0 Å². The van der Waals surface area contributed by atoms with E-state index in [0.29, 0.717) is 25.9 Å². The highest BCUT2D eigenvalue weighted by atomic mass is 19.4. The van der Waals surface area contributed by atoms with Crippen molar-refractivity contribution in [3.05, 3.63) is 35.4 Å². The number of benzene rings is 1. The van der Waals surface area contributed by atoms with Crippen molar-refractivity contribution in [3.63, 3.8) is 0 Å². The van der Waals surface area contributed by atoms with Gasteiger partial charge in [-0.25, -0.2) is 4.79 Å². The van der Waals surface area contributed by atoms with E-state index in [1.807, 2.05) is 0 Å². The van der Waals surface area contributed by atoms with E-state index in [9.17, 15) is 27.9 Å². The van der Waals surface area contributed by atoms with Gasteiger partial charge in [-0.15, -0.1) is 0 Å². The Labute approximate surface area is 142 Å². The van der Waals surface area contributed by atoms with E-state index in [-0.39, 0.29) is 18.4 Å². The lowest BCUT2D eigenvalue weighted by molar-refractivity contribution is -0.141. The van der Waals surface area contributed by atoms with Gasteiger partial charge in [0.1, 0.15) is 6.04 Å². The second-order valence-corrected chi connectivity index (χ2v) is 6.78. The molecule has 2 aliphatic heterocycles. The molecule has 2 N–H and O–H groups in total. The third-order valence-corrected chi connectivity index (χ3v) is 5.18. The highest BCUT2D eigenvalue weighted by Gasteiger charge is 2.50. The van der Waals surface area contributed by atoms with Crippen LogP contribution in [0.15, 0.2) is 24.3 Å². The Morgan fingerprint density at radius 1 is 1.20 bits per heavy atom. The number of nitrogens with one attached hydrogen (secondary N) is 1. The Hall–Kier alpha value is -2.09. The first kappa shape index (κ1) is 17.7. The van der Waals surface area contributed by atoms with E-state index in [4.69, 9.17) is 0 Å². The quantitative estimate of drug-likeness (QED) is 0.854. The number of carbonyl (C=O) groups excluding carboxylic acids is 1. The fraction of sp³-hybridized carbons (Fsp3) is 0.529. The van der Waals surface area contributed by atoms with Gasteiger partial charge in [-0.2, -0.15) is 13.2 Å². The number of nitrogens with zero attached hydrogens (tertiary/aromatic N) is 1. The molecule has 3 rings (SSSR count). The zero-order chi connectivity index (χ0) is 18.2. The molecule has 0 radical (unpaired) electrons. The number of hydrogen-bond acceptors (Lipinski definition) is 3. The maximum Gasteiger partial charge on any atom is 0.417 e. The number of piperidine rings is 1. The number of halogens is 3. The summed E-state index contributed by atoms with van der Waals surface area (Å²) in [5.41, 5.74) is -1.86. The summed E-state index contributed by atoms with van der Waals surface area (Å²) in [7, 11) is 0. The molecule has 2 saturated heterocycles. The Morgan fingerprint density at radius 2 is 1.84 bits per heavy atom. The summed E-state index contributed by atoms with van der Waals surface area (Å²) in [6, 6.07) is 3.43. The molecule has 25 heavy (non-hydrogen) atoms. The molecule has 0 aliphatic carbocycles. The number of carboxylic acids is 1. The molecular weight excluding hydrogens is 337 g/mol. The number of amides is 1. The molecule has 8 heteroatoms. The Kier molecular flexibility index (Phi) is 4.49. The highest BCUT2D eigenvalue weighted by Crippen LogP contribution is 2.43. The summed E-state index contributed by atoms with van der Waals surface area (Å²) >= 11 is 0. The van der Waals surface area contributed by atoms with Crippen LogP contribution in [0.1, 0.15) is 35.2 Å². The van der Waals surface area contributed by atoms with Gasteiger partial charge in [-0.3, -0.25) is 4.79 Å². The molecule has 0 aromatic heterocycles. The normalized spacial score (nSPS) is 23.0. The summed E-state index contributed by atoms with van der Waals surface area (Å²) in [4.78, 5) is 25.5. The smallest absolute Gasteiger partial charge is 0.417 e. The van der Waals surface area contributed by atoms with Crippen molar-refractivity contribution < 1.29 is 27.9 Å². The van der Waals surface area contributed by atoms with Crippen LogP contribution in [0.2, 0.25) is 0 Å². The van der Waals surface area contributed by atoms with Gasteiger partial charge in [0.25, 0.3) is 5.91 Å². The SMILES string of the molecule is O=C(O)[C@@H]1CC2(CCNCC2)CN1C(=O)c1ccccc1C(F)(F)F. The molecular formula is C17H19F3N2O3. The molecule has 2 aliphatic rings. The number of hydrogen-bond donors (Lipinski definition) is 2. The van der Waals surface area contributed by atoms with Gasteiger partial charge in [0, 0.05) is 6.54 Å². The maximum absolute atomic E-state index is 13.2. The Morgan fingerprint density at radius 3 is 2.44 bits per heavy atom. The van der Waals surface area contributed by atoms with E-state index in [1.165, 1.54) is 12.1 Å². The van der Waals surface area contributed by atoms with E-state index in [2.05, 4.69) is 5.32 Å². The predicted molar refractivity (Wildman–Crippen MR) is 83.1 cm³/mol. The van der Waals surface area contributed by atoms with Crippen LogP contribution in [0, 0.1) is 5.41 Å². The average molecular weight is 356 g/mol. The maximum atomic E-state index is 13.2. The van der Waals surface area contributed by atoms with E-state index in [0.717, 1.165) is 17.0 Å². The van der Waals surface area contributed by atoms with Gasteiger partial charge in [0.2, 0.25) is 0 Å². The van der Waals surface area contributed by atoms with Crippen LogP contribution in [0.5, 0.6) is 0 Å². The fourth-order valence-electron chi connectivity index (χ4n) is 3.88. The van der Waals surface area contributed by atoms with Crippen LogP contribution in [0.4, 0.5) is 13.2 Å². The first-order chi connectivity index (χ1) is 11.7. The summed E-state index contributed by atoms with van der Waals surface area (Å²) in [5.74, 6) is -2.04. The molecule has 5 nitrogen and oxygen atoms in total. The lowest BCUT2D eigenvalue weighted by Gasteiger charge is -2.33. The molecule has 1 atom stereocenters. The Balaban J connectivity index is 1.94. The second-order valence-electron chi connectivity index (χ2n) is 6.78. The van der Waals surface area contributed by atoms with Gasteiger partial charge in [-0.05, 0) is 49.9 Å². The standard InChI is InChI=1S/C17H19F3N2O3/c18-17(19,20)12-4-2-1-3-11(12)14(23)22-10-16(5-7-21-8-6-16)9-13(22)15(24)25/h1-4,13,21H,5-10H2,(H,24,25)/t13-/m0/s1. The van der Waals surface area contributed by atoms with Crippen LogP contribution in [-0.4, -0.2) is 47.6 Å². The monoisotopic (exact) mass is 356 g/mol. The zero-order valence-electron chi connectivity index (χ0n) is 13.5. The third-order valence-electron chi connectivity index (χ3n) is 5.18. The molecule has 0 unspecified atom stereocenters. The van der Waals surface area contributed by atoms with Gasteiger partial charge < -0.3 is 15.3 Å². The third kappa shape index (κ3) is 3.35. The van der Waals surface area contributed by atoms with Crippen molar-refractivity contribution in [2.45, 2.75) is 31.5 Å². The Bertz CT molecular complexity index is 684. The van der Waals surface area contributed by atoms with Crippen molar-refractivity contribution in [1.82, 2.24) is 10.2 Å². The molecule has 1 aromatic carbocycles. The van der Waals surface area contributed by atoms with E-state index >= 15 is 0 Å². The molecule has 0 bridgehead atoms. The van der Waals surface area contributed by atoms with Crippen molar-refractivity contribution >= 4 is 11.9 Å². The van der Waals surface area contributed by atoms with E-state index in [1.54, 1.807) is 0 Å². The highest BCUT2D eigenvalue weighted by molar-refractivity contribution is 5.98. The molecule has 1 amide bonds. The molecule has 1 aromatic rings. The first-order valence-corrected chi connectivity index (χ1v) is 8.14. The zero-order valence-corrected chi connectivity index (χ0v) is 13.5. The number of aliphatic carboxylic acids is 1. The number of alkyl halides is 3. The van der Waals surface area contributed by atoms with Crippen LogP contribution < -0.4 is 5.32 Å². The average Bonchev–Trinajstić information content (AvgIpc) is 2.93. The second kappa shape index (κ2) is 6.33. The summed E-state index contributed by atoms with van der Waals surface area (Å²) in [6.07, 6.45) is -2.97. The fourth-order valence-corrected chi connectivity index (χ4v) is 3.88. The minimum absolute atomic E-state index is 0.177. The van der Waals surface area contributed by atoms with Crippen LogP contribution in [0.3, 0.4) is 0 Å². The number of carboxylic acid groups (broad SMARTS) is 1. The molecule has 1 spiro atoms. The van der Waals surface area contributed by atoms with Crippen molar-refractivity contribution in [2.75, 3.05) is 19.6 Å². The van der Waals surface area contributed by atoms with E-state index < -0.39 is 35.2 Å². The van der Waals surface area contributed by atoms with Crippen LogP contribution >= 0.6 is 0 Å². The summed E-state index contributed by atoms with van der Waals surface area (Å²) < 4.78 is 39.6. The van der Waals surface area contributed by atoms with Crippen molar-refractivity contribution in [3.8, 4) is 0 Å². The van der Waals surface area contributed by atoms with Gasteiger partial charge in [-0.1, -0.05) is 12.1 Å². The van der Waals surface area contributed by atoms with Gasteiger partial charge in [0.05, 0.1) is 11.1 Å². The topological polar surface area (TPSA) is 69.6 Å². The number of likely N-dealkylation sites (tertiary alicyclic amines) is 1. The first-order valence-electron chi connectivity index (χ1n) is 8.14. The van der Waals surface area contributed by atoms with Crippen molar-refractivity contribution in [1.29, 1.82) is 0 Å². The lowest BCUT2D eigenvalue weighted by Crippen LogP contribution is -2.42. The lowest BCUT2D eigenvalue weighted by atomic mass is 9.77. The molecule has 2 fully saturated rings. The van der Waals surface area contributed by atoms with Crippen LogP contribution in [-0.2, 0) is 11.0 Å². The largest absolute Gasteiger partial charge is 0.480 e. The van der Waals surface area contributed by atoms with Gasteiger partial charge >= 0.3 is 12.1 Å². The molecule has 2 heterocycles. The molecule has 136 valence electrons. The molecule has 0 saturated carbocycles. The number of rotatable bonds is 2. The number of carbonyl (C=O) groups is 2. The minimum atomic E-state index is -4.67. The predicted octanol–water partition coefficient (Wildman–Crippen LogP) is 2.37. The van der Waals surface area contributed by atoms with Crippen molar-refractivity contribution in [2.24, 2.45) is 5.41 Å². The summed E-state index contributed by atoms with van der Waals surface area (Å²) in [6.45, 7) is 1.61.